The molecular weight excluding hydrogens is 444 g/mol. The van der Waals surface area contributed by atoms with Gasteiger partial charge in [-0.2, -0.15) is 11.8 Å². The van der Waals surface area contributed by atoms with Crippen LogP contribution in [0.25, 0.3) is 11.1 Å². The van der Waals surface area contributed by atoms with E-state index in [-0.39, 0.29) is 18.9 Å². The monoisotopic (exact) mass is 468 g/mol. The quantitative estimate of drug-likeness (QED) is 0.453. The standard InChI is InChI=1S/C24H24N2O6S/c1-33-11-10-19(23(29)32-20-12-21(27)26-22(20)28)25-24(30)31-13-18-16-8-4-2-6-14(16)15-7-3-5-9-17(15)18/h2-9,18-20H,10-13H2,1H3,(H,25,30)(H,26,27,28)/t19-,20+/m0/s1. The molecule has 0 unspecified atom stereocenters. The molecule has 8 nitrogen and oxygen atoms in total. The van der Waals surface area contributed by atoms with E-state index in [2.05, 4.69) is 10.6 Å². The SMILES string of the molecule is CSCC[C@H](NC(=O)OCC1c2ccccc2-c2ccccc21)C(=O)O[C@@H]1CC(=O)NC1=O. The predicted molar refractivity (Wildman–Crippen MR) is 123 cm³/mol. The van der Waals surface area contributed by atoms with Gasteiger partial charge in [0.05, 0.1) is 6.42 Å². The summed E-state index contributed by atoms with van der Waals surface area (Å²) in [6.45, 7) is 0.115. The van der Waals surface area contributed by atoms with Crippen molar-refractivity contribution in [2.45, 2.75) is 30.9 Å². The number of hydrogen-bond donors (Lipinski definition) is 2. The Morgan fingerprint density at radius 2 is 1.73 bits per heavy atom. The highest BCUT2D eigenvalue weighted by atomic mass is 32.2. The van der Waals surface area contributed by atoms with E-state index in [1.165, 1.54) is 11.8 Å². The maximum absolute atomic E-state index is 12.6. The van der Waals surface area contributed by atoms with Gasteiger partial charge < -0.3 is 14.8 Å². The van der Waals surface area contributed by atoms with Crippen molar-refractivity contribution in [2.75, 3.05) is 18.6 Å². The molecule has 0 radical (unpaired) electrons. The number of amides is 3. The van der Waals surface area contributed by atoms with Crippen LogP contribution in [0.3, 0.4) is 0 Å². The van der Waals surface area contributed by atoms with Crippen molar-refractivity contribution >= 4 is 35.6 Å². The number of imide groups is 1. The Kier molecular flexibility index (Phi) is 6.98. The maximum Gasteiger partial charge on any atom is 0.407 e. The van der Waals surface area contributed by atoms with E-state index in [1.54, 1.807) is 0 Å². The molecule has 2 N–H and O–H groups in total. The Bertz CT molecular complexity index is 1040. The smallest absolute Gasteiger partial charge is 0.407 e. The lowest BCUT2D eigenvalue weighted by Crippen LogP contribution is -2.44. The summed E-state index contributed by atoms with van der Waals surface area (Å²) in [7, 11) is 0. The first-order valence-corrected chi connectivity index (χ1v) is 12.0. The average Bonchev–Trinajstić information content (AvgIpc) is 3.30. The molecule has 2 atom stereocenters. The Labute approximate surface area is 195 Å². The number of thioether (sulfide) groups is 1. The molecule has 0 saturated carbocycles. The number of carbonyl (C=O) groups is 4. The number of fused-ring (bicyclic) bond motifs is 3. The first kappa shape index (κ1) is 22.8. The first-order chi connectivity index (χ1) is 16.0. The molecular formula is C24H24N2O6S. The molecule has 4 rings (SSSR count). The van der Waals surface area contributed by atoms with Crippen molar-refractivity contribution in [3.63, 3.8) is 0 Å². The van der Waals surface area contributed by atoms with Crippen molar-refractivity contribution in [2.24, 2.45) is 0 Å². The van der Waals surface area contributed by atoms with Crippen LogP contribution < -0.4 is 10.6 Å². The van der Waals surface area contributed by atoms with Crippen molar-refractivity contribution in [3.8, 4) is 11.1 Å². The molecule has 3 amide bonds. The summed E-state index contributed by atoms with van der Waals surface area (Å²) in [5, 5.41) is 4.65. The Hall–Kier alpha value is -3.33. The molecule has 33 heavy (non-hydrogen) atoms. The van der Waals surface area contributed by atoms with E-state index >= 15 is 0 Å². The zero-order valence-corrected chi connectivity index (χ0v) is 18.9. The van der Waals surface area contributed by atoms with Gasteiger partial charge in [-0.3, -0.25) is 14.9 Å². The van der Waals surface area contributed by atoms with E-state index in [4.69, 9.17) is 9.47 Å². The molecule has 0 bridgehead atoms. The van der Waals surface area contributed by atoms with Crippen LogP contribution in [0.15, 0.2) is 48.5 Å². The van der Waals surface area contributed by atoms with Crippen LogP contribution in [-0.2, 0) is 23.9 Å². The fraction of sp³-hybridized carbons (Fsp3) is 0.333. The van der Waals surface area contributed by atoms with Gasteiger partial charge in [0.2, 0.25) is 5.91 Å². The topological polar surface area (TPSA) is 111 Å². The number of ether oxygens (including phenoxy) is 2. The lowest BCUT2D eigenvalue weighted by molar-refractivity contribution is -0.156. The van der Waals surface area contributed by atoms with Crippen LogP contribution in [0.5, 0.6) is 0 Å². The van der Waals surface area contributed by atoms with E-state index in [9.17, 15) is 19.2 Å². The Morgan fingerprint density at radius 1 is 1.09 bits per heavy atom. The van der Waals surface area contributed by atoms with Crippen LogP contribution in [0.2, 0.25) is 0 Å². The number of benzene rings is 2. The number of esters is 1. The van der Waals surface area contributed by atoms with E-state index < -0.39 is 36.0 Å². The van der Waals surface area contributed by atoms with Gasteiger partial charge in [-0.15, -0.1) is 0 Å². The van der Waals surface area contributed by atoms with Crippen molar-refractivity contribution < 1.29 is 28.7 Å². The summed E-state index contributed by atoms with van der Waals surface area (Å²) < 4.78 is 10.7. The van der Waals surface area contributed by atoms with E-state index in [0.717, 1.165) is 22.3 Å². The lowest BCUT2D eigenvalue weighted by Gasteiger charge is -2.20. The fourth-order valence-corrected chi connectivity index (χ4v) is 4.59. The molecule has 1 aliphatic heterocycles. The summed E-state index contributed by atoms with van der Waals surface area (Å²) in [4.78, 5) is 48.2. The van der Waals surface area contributed by atoms with Gasteiger partial charge in [0.1, 0.15) is 12.6 Å². The predicted octanol–water partition coefficient (Wildman–Crippen LogP) is 2.61. The minimum Gasteiger partial charge on any atom is -0.450 e. The molecule has 172 valence electrons. The van der Waals surface area contributed by atoms with Crippen LogP contribution in [-0.4, -0.2) is 54.6 Å². The second-order valence-electron chi connectivity index (χ2n) is 7.85. The highest BCUT2D eigenvalue weighted by molar-refractivity contribution is 7.98. The van der Waals surface area contributed by atoms with Gasteiger partial charge in [-0.25, -0.2) is 9.59 Å². The summed E-state index contributed by atoms with van der Waals surface area (Å²) in [5.41, 5.74) is 4.41. The molecule has 1 heterocycles. The average molecular weight is 469 g/mol. The normalized spacial score (nSPS) is 17.7. The molecule has 2 aromatic carbocycles. The summed E-state index contributed by atoms with van der Waals surface area (Å²) in [5.74, 6) is -1.44. The lowest BCUT2D eigenvalue weighted by atomic mass is 9.98. The van der Waals surface area contributed by atoms with Gasteiger partial charge >= 0.3 is 12.1 Å². The van der Waals surface area contributed by atoms with Crippen LogP contribution in [0, 0.1) is 0 Å². The third-order valence-electron chi connectivity index (χ3n) is 5.72. The zero-order valence-electron chi connectivity index (χ0n) is 18.0. The molecule has 1 aliphatic carbocycles. The fourth-order valence-electron chi connectivity index (χ4n) is 4.11. The van der Waals surface area contributed by atoms with Gasteiger partial charge in [-0.1, -0.05) is 48.5 Å². The molecule has 0 spiro atoms. The van der Waals surface area contributed by atoms with Crippen LogP contribution in [0.4, 0.5) is 4.79 Å². The van der Waals surface area contributed by atoms with Crippen LogP contribution >= 0.6 is 11.8 Å². The number of nitrogens with one attached hydrogen (secondary N) is 2. The molecule has 2 aliphatic rings. The first-order valence-electron chi connectivity index (χ1n) is 10.6. The number of hydrogen-bond acceptors (Lipinski definition) is 7. The highest BCUT2D eigenvalue weighted by Gasteiger charge is 2.36. The van der Waals surface area contributed by atoms with Gasteiger partial charge in [-0.05, 0) is 40.7 Å². The number of alkyl carbamates (subject to hydrolysis) is 1. The molecule has 1 fully saturated rings. The summed E-state index contributed by atoms with van der Waals surface area (Å²) in [6, 6.07) is 15.0. The van der Waals surface area contributed by atoms with Crippen molar-refractivity contribution in [1.82, 2.24) is 10.6 Å². The van der Waals surface area contributed by atoms with Crippen molar-refractivity contribution in [3.05, 3.63) is 59.7 Å². The molecule has 1 saturated heterocycles. The third-order valence-corrected chi connectivity index (χ3v) is 6.36. The summed E-state index contributed by atoms with van der Waals surface area (Å²) >= 11 is 1.50. The zero-order chi connectivity index (χ0) is 23.4. The van der Waals surface area contributed by atoms with Crippen molar-refractivity contribution in [1.29, 1.82) is 0 Å². The minimum absolute atomic E-state index is 0.104. The van der Waals surface area contributed by atoms with Gasteiger partial charge in [0.15, 0.2) is 6.10 Å². The van der Waals surface area contributed by atoms with Crippen LogP contribution in [0.1, 0.15) is 29.9 Å². The molecule has 9 heteroatoms. The Balaban J connectivity index is 1.39. The van der Waals surface area contributed by atoms with E-state index in [1.807, 2.05) is 54.8 Å². The highest BCUT2D eigenvalue weighted by Crippen LogP contribution is 2.44. The minimum atomic E-state index is -1.17. The molecule has 0 aromatic heterocycles. The number of rotatable bonds is 8. The second-order valence-corrected chi connectivity index (χ2v) is 8.83. The Morgan fingerprint density at radius 3 is 2.30 bits per heavy atom. The molecule has 2 aromatic rings. The van der Waals surface area contributed by atoms with E-state index in [0.29, 0.717) is 12.2 Å². The largest absolute Gasteiger partial charge is 0.450 e. The third kappa shape index (κ3) is 5.03. The maximum atomic E-state index is 12.6. The number of carbonyl (C=O) groups excluding carboxylic acids is 4. The van der Waals surface area contributed by atoms with Gasteiger partial charge in [0.25, 0.3) is 5.91 Å². The summed E-state index contributed by atoms with van der Waals surface area (Å²) in [6.07, 6.45) is 0.0358. The van der Waals surface area contributed by atoms with Gasteiger partial charge in [0, 0.05) is 5.92 Å². The second kappa shape index (κ2) is 10.1.